The molecule has 108 valence electrons. The first-order valence-corrected chi connectivity index (χ1v) is 7.51. The van der Waals surface area contributed by atoms with Crippen molar-refractivity contribution < 1.29 is 4.39 Å². The molecule has 0 amide bonds. The Morgan fingerprint density at radius 3 is 2.76 bits per heavy atom. The Bertz CT molecular complexity index is 811. The van der Waals surface area contributed by atoms with Gasteiger partial charge in [0.25, 0.3) is 0 Å². The number of benzene rings is 2. The molecule has 0 atom stereocenters. The largest absolute Gasteiger partial charge is 0.296 e. The van der Waals surface area contributed by atoms with Gasteiger partial charge < -0.3 is 0 Å². The average Bonchev–Trinajstić information content (AvgIpc) is 2.82. The predicted molar refractivity (Wildman–Crippen MR) is 85.2 cm³/mol. The molecule has 0 saturated carbocycles. The van der Waals surface area contributed by atoms with Crippen molar-refractivity contribution in [2.24, 2.45) is 0 Å². The quantitative estimate of drug-likeness (QED) is 0.626. The third-order valence-corrected chi connectivity index (χ3v) is 3.91. The lowest BCUT2D eigenvalue weighted by atomic mass is 10.2. The SMILES string of the molecule is Cc1cccc2c1nc(CCCl)n2-c1ccc(F)c(Cl)c1. The van der Waals surface area contributed by atoms with E-state index in [1.807, 2.05) is 29.7 Å². The van der Waals surface area contributed by atoms with Gasteiger partial charge in [0.2, 0.25) is 0 Å². The molecule has 3 aromatic rings. The van der Waals surface area contributed by atoms with Crippen molar-refractivity contribution in [3.8, 4) is 5.69 Å². The van der Waals surface area contributed by atoms with E-state index in [4.69, 9.17) is 23.2 Å². The van der Waals surface area contributed by atoms with E-state index in [-0.39, 0.29) is 5.02 Å². The Kier molecular flexibility index (Phi) is 3.87. The number of imidazole rings is 1. The number of fused-ring (bicyclic) bond motifs is 1. The molecule has 2 aromatic carbocycles. The van der Waals surface area contributed by atoms with Crippen molar-refractivity contribution in [2.75, 3.05) is 5.88 Å². The van der Waals surface area contributed by atoms with E-state index < -0.39 is 5.82 Å². The van der Waals surface area contributed by atoms with Crippen LogP contribution in [-0.4, -0.2) is 15.4 Å². The van der Waals surface area contributed by atoms with Gasteiger partial charge in [-0.25, -0.2) is 9.37 Å². The van der Waals surface area contributed by atoms with Gasteiger partial charge in [-0.3, -0.25) is 4.57 Å². The van der Waals surface area contributed by atoms with Crippen molar-refractivity contribution in [3.63, 3.8) is 0 Å². The Balaban J connectivity index is 2.30. The first-order chi connectivity index (χ1) is 10.1. The molecule has 1 heterocycles. The molecule has 0 aliphatic heterocycles. The fraction of sp³-hybridized carbons (Fsp3) is 0.188. The van der Waals surface area contributed by atoms with Crippen molar-refractivity contribution in [1.29, 1.82) is 0 Å². The number of aromatic nitrogens is 2. The normalized spacial score (nSPS) is 11.2. The third-order valence-electron chi connectivity index (χ3n) is 3.44. The van der Waals surface area contributed by atoms with Crippen LogP contribution >= 0.6 is 23.2 Å². The first-order valence-electron chi connectivity index (χ1n) is 6.60. The summed E-state index contributed by atoms with van der Waals surface area (Å²) in [4.78, 5) is 4.67. The number of hydrogen-bond acceptors (Lipinski definition) is 1. The summed E-state index contributed by atoms with van der Waals surface area (Å²) in [5, 5.41) is 0.0961. The Labute approximate surface area is 132 Å². The Morgan fingerprint density at radius 1 is 1.24 bits per heavy atom. The number of hydrogen-bond donors (Lipinski definition) is 0. The molecule has 0 spiro atoms. The first kappa shape index (κ1) is 14.4. The van der Waals surface area contributed by atoms with Crippen LogP contribution in [0.5, 0.6) is 0 Å². The maximum Gasteiger partial charge on any atom is 0.141 e. The van der Waals surface area contributed by atoms with Crippen molar-refractivity contribution in [3.05, 3.63) is 58.6 Å². The minimum Gasteiger partial charge on any atom is -0.296 e. The van der Waals surface area contributed by atoms with Crippen LogP contribution in [0.15, 0.2) is 36.4 Å². The van der Waals surface area contributed by atoms with E-state index in [1.165, 1.54) is 6.07 Å². The highest BCUT2D eigenvalue weighted by Gasteiger charge is 2.14. The van der Waals surface area contributed by atoms with E-state index in [2.05, 4.69) is 4.98 Å². The minimum atomic E-state index is -0.431. The van der Waals surface area contributed by atoms with Crippen molar-refractivity contribution in [1.82, 2.24) is 9.55 Å². The van der Waals surface area contributed by atoms with Crippen LogP contribution in [0, 0.1) is 12.7 Å². The predicted octanol–water partition coefficient (Wildman–Crippen LogP) is 4.91. The topological polar surface area (TPSA) is 17.8 Å². The number of para-hydroxylation sites is 1. The summed E-state index contributed by atoms with van der Waals surface area (Å²) in [6.45, 7) is 2.02. The standard InChI is InChI=1S/C16H13Cl2FN2/c1-10-3-2-4-14-16(10)20-15(7-8-17)21(14)11-5-6-13(19)12(18)9-11/h2-6,9H,7-8H2,1H3. The van der Waals surface area contributed by atoms with Crippen LogP contribution in [0.1, 0.15) is 11.4 Å². The zero-order valence-electron chi connectivity index (χ0n) is 11.4. The molecular weight excluding hydrogens is 310 g/mol. The fourth-order valence-corrected chi connectivity index (χ4v) is 2.80. The van der Waals surface area contributed by atoms with E-state index in [1.54, 1.807) is 12.1 Å². The van der Waals surface area contributed by atoms with Crippen LogP contribution in [0.25, 0.3) is 16.7 Å². The number of aryl methyl sites for hydroxylation is 2. The van der Waals surface area contributed by atoms with Gasteiger partial charge in [0.1, 0.15) is 11.6 Å². The molecular formula is C16H13Cl2FN2. The lowest BCUT2D eigenvalue weighted by Crippen LogP contribution is -2.02. The molecule has 0 saturated heterocycles. The molecule has 3 rings (SSSR count). The van der Waals surface area contributed by atoms with Gasteiger partial charge in [0.05, 0.1) is 16.1 Å². The highest BCUT2D eigenvalue weighted by molar-refractivity contribution is 6.30. The molecule has 1 aromatic heterocycles. The molecule has 0 fully saturated rings. The summed E-state index contributed by atoms with van der Waals surface area (Å²) in [6, 6.07) is 10.7. The second-order valence-corrected chi connectivity index (χ2v) is 5.63. The second-order valence-electron chi connectivity index (χ2n) is 4.84. The second kappa shape index (κ2) is 5.66. The summed E-state index contributed by atoms with van der Waals surface area (Å²) < 4.78 is 15.4. The summed E-state index contributed by atoms with van der Waals surface area (Å²) in [5.41, 5.74) is 3.78. The number of halogens is 3. The van der Waals surface area contributed by atoms with E-state index >= 15 is 0 Å². The van der Waals surface area contributed by atoms with Gasteiger partial charge >= 0.3 is 0 Å². The summed E-state index contributed by atoms with van der Waals surface area (Å²) in [7, 11) is 0. The van der Waals surface area contributed by atoms with Gasteiger partial charge in [0, 0.05) is 18.0 Å². The van der Waals surface area contributed by atoms with Crippen molar-refractivity contribution >= 4 is 34.2 Å². The van der Waals surface area contributed by atoms with Crippen molar-refractivity contribution in [2.45, 2.75) is 13.3 Å². The Hall–Kier alpha value is -1.58. The fourth-order valence-electron chi connectivity index (χ4n) is 2.45. The highest BCUT2D eigenvalue weighted by atomic mass is 35.5. The molecule has 0 radical (unpaired) electrons. The number of alkyl halides is 1. The molecule has 21 heavy (non-hydrogen) atoms. The molecule has 0 unspecified atom stereocenters. The van der Waals surface area contributed by atoms with Gasteiger partial charge in [-0.2, -0.15) is 0 Å². The van der Waals surface area contributed by atoms with Crippen LogP contribution in [0.2, 0.25) is 5.02 Å². The van der Waals surface area contributed by atoms with E-state index in [0.717, 1.165) is 28.1 Å². The Morgan fingerprint density at radius 2 is 2.05 bits per heavy atom. The maximum absolute atomic E-state index is 13.4. The zero-order valence-corrected chi connectivity index (χ0v) is 12.9. The molecule has 0 aliphatic rings. The smallest absolute Gasteiger partial charge is 0.141 e. The van der Waals surface area contributed by atoms with Crippen LogP contribution in [-0.2, 0) is 6.42 Å². The van der Waals surface area contributed by atoms with Gasteiger partial charge in [-0.05, 0) is 36.8 Å². The lowest BCUT2D eigenvalue weighted by molar-refractivity contribution is 0.627. The van der Waals surface area contributed by atoms with E-state index in [9.17, 15) is 4.39 Å². The molecule has 0 N–H and O–H groups in total. The lowest BCUT2D eigenvalue weighted by Gasteiger charge is -2.09. The summed E-state index contributed by atoms with van der Waals surface area (Å²) in [6.07, 6.45) is 0.630. The van der Waals surface area contributed by atoms with Gasteiger partial charge in [0.15, 0.2) is 0 Å². The third kappa shape index (κ3) is 2.52. The highest BCUT2D eigenvalue weighted by Crippen LogP contribution is 2.26. The molecule has 0 bridgehead atoms. The minimum absolute atomic E-state index is 0.0961. The molecule has 2 nitrogen and oxygen atoms in total. The average molecular weight is 323 g/mol. The molecule has 5 heteroatoms. The van der Waals surface area contributed by atoms with E-state index in [0.29, 0.717) is 12.3 Å². The van der Waals surface area contributed by atoms with Crippen LogP contribution in [0.4, 0.5) is 4.39 Å². The number of nitrogens with zero attached hydrogens (tertiary/aromatic N) is 2. The molecule has 0 aliphatic carbocycles. The number of rotatable bonds is 3. The van der Waals surface area contributed by atoms with Gasteiger partial charge in [-0.1, -0.05) is 23.7 Å². The van der Waals surface area contributed by atoms with Crippen LogP contribution < -0.4 is 0 Å². The summed E-state index contributed by atoms with van der Waals surface area (Å²) >= 11 is 11.8. The summed E-state index contributed by atoms with van der Waals surface area (Å²) in [5.74, 6) is 0.883. The van der Waals surface area contributed by atoms with Gasteiger partial charge in [-0.15, -0.1) is 11.6 Å². The zero-order chi connectivity index (χ0) is 15.0. The monoisotopic (exact) mass is 322 g/mol. The maximum atomic E-state index is 13.4. The van der Waals surface area contributed by atoms with Crippen LogP contribution in [0.3, 0.4) is 0 Å².